The van der Waals surface area contributed by atoms with Gasteiger partial charge < -0.3 is 61.9 Å². The van der Waals surface area contributed by atoms with Gasteiger partial charge in [0.25, 0.3) is 0 Å². The Kier molecular flexibility index (Phi) is 36.7. The zero-order valence-corrected chi connectivity index (χ0v) is 31.7. The molecule has 0 aliphatic heterocycles. The van der Waals surface area contributed by atoms with Gasteiger partial charge in [-0.25, -0.2) is 0 Å². The molecule has 0 fully saturated rings. The van der Waals surface area contributed by atoms with Gasteiger partial charge in [0, 0.05) is 0 Å². The summed E-state index contributed by atoms with van der Waals surface area (Å²) in [6.45, 7) is 15.9. The molecular weight excluding hydrogens is 676 g/mol. The largest absolute Gasteiger partial charge is 0.491 e. The average Bonchev–Trinajstić information content (AvgIpc) is 3.17. The van der Waals surface area contributed by atoms with Crippen LogP contribution in [0.1, 0.15) is 25.3 Å². The molecule has 0 radical (unpaired) electrons. The van der Waals surface area contributed by atoms with Crippen LogP contribution in [0.2, 0.25) is 0 Å². The third-order valence-electron chi connectivity index (χ3n) is 6.66. The number of hydrogen-bond acceptors (Lipinski definition) is 13. The second kappa shape index (κ2) is 40.0. The fourth-order valence-corrected chi connectivity index (χ4v) is 3.94. The Morgan fingerprint density at radius 3 is 0.846 bits per heavy atom. The summed E-state index contributed by atoms with van der Waals surface area (Å²) in [7, 11) is 0. The van der Waals surface area contributed by atoms with Crippen molar-refractivity contribution in [3.05, 3.63) is 66.2 Å². The summed E-state index contributed by atoms with van der Waals surface area (Å²) in [5, 5.41) is 8.57. The second-order valence-corrected chi connectivity index (χ2v) is 11.2. The molecule has 0 unspecified atom stereocenters. The first-order chi connectivity index (χ1) is 25.7. The first-order valence-corrected chi connectivity index (χ1v) is 18.4. The van der Waals surface area contributed by atoms with E-state index in [1.54, 1.807) is 0 Å². The molecule has 0 saturated carbocycles. The van der Waals surface area contributed by atoms with Gasteiger partial charge in [0.1, 0.15) is 12.4 Å². The van der Waals surface area contributed by atoms with Crippen molar-refractivity contribution in [3.63, 3.8) is 0 Å². The summed E-state index contributed by atoms with van der Waals surface area (Å²) in [6.07, 6.45) is 0. The van der Waals surface area contributed by atoms with Crippen LogP contribution in [-0.2, 0) is 52.1 Å². The molecule has 1 N–H and O–H groups in total. The van der Waals surface area contributed by atoms with Gasteiger partial charge in [-0.1, -0.05) is 62.4 Å². The maximum Gasteiger partial charge on any atom is 0.119 e. The summed E-state index contributed by atoms with van der Waals surface area (Å²) in [4.78, 5) is 0. The number of para-hydroxylation sites is 1. The van der Waals surface area contributed by atoms with E-state index in [0.29, 0.717) is 158 Å². The van der Waals surface area contributed by atoms with Gasteiger partial charge >= 0.3 is 0 Å². The van der Waals surface area contributed by atoms with Crippen molar-refractivity contribution in [1.29, 1.82) is 0 Å². The lowest BCUT2D eigenvalue weighted by Gasteiger charge is -2.09. The van der Waals surface area contributed by atoms with Crippen molar-refractivity contribution in [2.45, 2.75) is 19.8 Å². The summed E-state index contributed by atoms with van der Waals surface area (Å²) in [5.41, 5.74) is 1.41. The van der Waals surface area contributed by atoms with Crippen molar-refractivity contribution in [3.8, 4) is 5.75 Å². The van der Waals surface area contributed by atoms with E-state index in [1.807, 2.05) is 36.4 Å². The van der Waals surface area contributed by atoms with Crippen molar-refractivity contribution >= 4 is 0 Å². The number of hydrogen-bond donors (Lipinski definition) is 1. The highest BCUT2D eigenvalue weighted by atomic mass is 16.6. The molecule has 13 heteroatoms. The van der Waals surface area contributed by atoms with Gasteiger partial charge in [0.05, 0.1) is 152 Å². The quantitative estimate of drug-likeness (QED) is 0.100. The SMILES string of the molecule is CC(C)c1ccccc1.OCCOCCOCCOCCOCCOCCOCCOCCOCCOCCOCCOCCOc1ccccc1. The van der Waals surface area contributed by atoms with E-state index in [-0.39, 0.29) is 6.61 Å². The van der Waals surface area contributed by atoms with Crippen LogP contribution in [0.15, 0.2) is 60.7 Å². The zero-order valence-electron chi connectivity index (χ0n) is 31.7. The minimum atomic E-state index is 0.0254. The highest BCUT2D eigenvalue weighted by Crippen LogP contribution is 2.11. The van der Waals surface area contributed by atoms with Gasteiger partial charge in [0.15, 0.2) is 0 Å². The summed E-state index contributed by atoms with van der Waals surface area (Å²) < 4.78 is 65.1. The number of ether oxygens (including phenoxy) is 12. The topological polar surface area (TPSA) is 131 Å². The first-order valence-electron chi connectivity index (χ1n) is 18.4. The number of aliphatic hydroxyl groups excluding tert-OH is 1. The van der Waals surface area contributed by atoms with E-state index in [4.69, 9.17) is 61.9 Å². The van der Waals surface area contributed by atoms with Crippen molar-refractivity contribution < 1.29 is 61.9 Å². The van der Waals surface area contributed by atoms with Crippen LogP contribution >= 0.6 is 0 Å². The van der Waals surface area contributed by atoms with Crippen LogP contribution in [-0.4, -0.2) is 164 Å². The molecule has 0 spiro atoms. The molecule has 0 atom stereocenters. The molecule has 0 amide bonds. The molecule has 2 aromatic carbocycles. The van der Waals surface area contributed by atoms with Gasteiger partial charge in [-0.15, -0.1) is 0 Å². The standard InChI is InChI=1S/C30H54O13.C9H12/c31-6-7-32-8-9-33-10-11-34-12-13-35-14-15-36-16-17-37-18-19-38-20-21-39-22-23-40-24-25-41-26-27-42-28-29-43-30-4-2-1-3-5-30;1-8(2)9-6-4-3-5-7-9/h1-5,31H,6-29H2;3-8H,1-2H3. The minimum Gasteiger partial charge on any atom is -0.491 e. The van der Waals surface area contributed by atoms with Crippen LogP contribution in [0.25, 0.3) is 0 Å². The maximum absolute atomic E-state index is 8.57. The molecular formula is C39H66O13. The number of aliphatic hydroxyl groups is 1. The Bertz CT molecular complexity index is 940. The zero-order chi connectivity index (χ0) is 37.3. The lowest BCUT2D eigenvalue weighted by molar-refractivity contribution is -0.0280. The van der Waals surface area contributed by atoms with E-state index >= 15 is 0 Å². The Labute approximate surface area is 312 Å². The normalized spacial score (nSPS) is 11.2. The van der Waals surface area contributed by atoms with E-state index in [2.05, 4.69) is 38.1 Å². The Morgan fingerprint density at radius 2 is 0.596 bits per heavy atom. The third-order valence-corrected chi connectivity index (χ3v) is 6.66. The average molecular weight is 743 g/mol. The van der Waals surface area contributed by atoms with Crippen molar-refractivity contribution in [2.75, 3.05) is 159 Å². The van der Waals surface area contributed by atoms with Crippen LogP contribution < -0.4 is 4.74 Å². The van der Waals surface area contributed by atoms with Crippen molar-refractivity contribution in [1.82, 2.24) is 0 Å². The van der Waals surface area contributed by atoms with E-state index < -0.39 is 0 Å². The number of rotatable bonds is 37. The molecule has 0 bridgehead atoms. The van der Waals surface area contributed by atoms with Gasteiger partial charge in [0.2, 0.25) is 0 Å². The Morgan fingerprint density at radius 1 is 0.346 bits per heavy atom. The molecule has 2 rings (SSSR count). The van der Waals surface area contributed by atoms with Gasteiger partial charge in [-0.2, -0.15) is 0 Å². The summed E-state index contributed by atoms with van der Waals surface area (Å²) >= 11 is 0. The van der Waals surface area contributed by atoms with Crippen LogP contribution in [0, 0.1) is 0 Å². The van der Waals surface area contributed by atoms with E-state index in [9.17, 15) is 0 Å². The fraction of sp³-hybridized carbons (Fsp3) is 0.692. The molecule has 300 valence electrons. The maximum atomic E-state index is 8.57. The molecule has 2 aromatic rings. The number of benzene rings is 2. The first kappa shape index (κ1) is 47.8. The lowest BCUT2D eigenvalue weighted by Crippen LogP contribution is -2.15. The predicted octanol–water partition coefficient (Wildman–Crippen LogP) is 4.05. The molecule has 0 aliphatic carbocycles. The molecule has 13 nitrogen and oxygen atoms in total. The molecule has 0 heterocycles. The molecule has 52 heavy (non-hydrogen) atoms. The van der Waals surface area contributed by atoms with Crippen LogP contribution in [0.5, 0.6) is 5.75 Å². The lowest BCUT2D eigenvalue weighted by atomic mass is 10.0. The Hall–Kier alpha value is -2.24. The van der Waals surface area contributed by atoms with E-state index in [0.717, 1.165) is 5.75 Å². The van der Waals surface area contributed by atoms with E-state index in [1.165, 1.54) is 5.56 Å². The summed E-state index contributed by atoms with van der Waals surface area (Å²) in [6, 6.07) is 20.2. The molecule has 0 aromatic heterocycles. The van der Waals surface area contributed by atoms with Crippen LogP contribution in [0.3, 0.4) is 0 Å². The highest BCUT2D eigenvalue weighted by Gasteiger charge is 1.97. The fourth-order valence-electron chi connectivity index (χ4n) is 3.94. The smallest absolute Gasteiger partial charge is 0.119 e. The summed E-state index contributed by atoms with van der Waals surface area (Å²) in [5.74, 6) is 1.50. The van der Waals surface area contributed by atoms with Gasteiger partial charge in [-0.3, -0.25) is 0 Å². The Balaban J connectivity index is 0.00000130. The minimum absolute atomic E-state index is 0.0254. The highest BCUT2D eigenvalue weighted by molar-refractivity contribution is 5.20. The predicted molar refractivity (Wildman–Crippen MR) is 199 cm³/mol. The monoisotopic (exact) mass is 742 g/mol. The van der Waals surface area contributed by atoms with Gasteiger partial charge in [-0.05, 0) is 23.6 Å². The van der Waals surface area contributed by atoms with Crippen molar-refractivity contribution in [2.24, 2.45) is 0 Å². The molecule has 0 saturated heterocycles. The third kappa shape index (κ3) is 34.8. The molecule has 0 aliphatic rings. The van der Waals surface area contributed by atoms with Crippen LogP contribution in [0.4, 0.5) is 0 Å². The second-order valence-electron chi connectivity index (χ2n) is 11.2.